The molecule has 1 saturated heterocycles. The zero-order valence-electron chi connectivity index (χ0n) is 17.7. The third-order valence-corrected chi connectivity index (χ3v) is 5.51. The van der Waals surface area contributed by atoms with Gasteiger partial charge in [-0.1, -0.05) is 23.7 Å². The van der Waals surface area contributed by atoms with E-state index in [0.717, 1.165) is 6.07 Å². The molecule has 7 nitrogen and oxygen atoms in total. The number of carbonyl (C=O) groups excluding carboxylic acids is 2. The number of hydrogen-bond acceptors (Lipinski definition) is 5. The Morgan fingerprint density at radius 3 is 2.35 bits per heavy atom. The van der Waals surface area contributed by atoms with Crippen LogP contribution in [0.3, 0.4) is 0 Å². The van der Waals surface area contributed by atoms with Crippen LogP contribution in [-0.4, -0.2) is 46.7 Å². The Hall–Kier alpha value is -3.66. The number of alkyl halides is 3. The van der Waals surface area contributed by atoms with Crippen molar-refractivity contribution in [3.63, 3.8) is 0 Å². The van der Waals surface area contributed by atoms with E-state index in [-0.39, 0.29) is 12.4 Å². The molecule has 1 aromatic heterocycles. The van der Waals surface area contributed by atoms with Gasteiger partial charge >= 0.3 is 6.18 Å². The zero-order chi connectivity index (χ0) is 24.3. The molecular formula is C23H19ClF3N5O2. The molecule has 0 unspecified atom stereocenters. The van der Waals surface area contributed by atoms with Crippen molar-refractivity contribution < 1.29 is 22.8 Å². The molecule has 176 valence electrons. The van der Waals surface area contributed by atoms with Crippen molar-refractivity contribution in [1.82, 2.24) is 15.1 Å². The summed E-state index contributed by atoms with van der Waals surface area (Å²) in [7, 11) is 0. The standard InChI is InChI=1S/C23H19ClF3N5O2/c24-15-6-8-16(9-7-15)28-21(33)19-10-11-20(30-29-19)31-12-3-13-32(14-31)22(34)17-4-1-2-5-18(17)23(25,26)27/h1-2,4-11H,3,12-14H2,(H,28,33). The number of benzene rings is 2. The summed E-state index contributed by atoms with van der Waals surface area (Å²) >= 11 is 5.83. The minimum Gasteiger partial charge on any atom is -0.337 e. The Bertz CT molecular complexity index is 1190. The van der Waals surface area contributed by atoms with E-state index in [4.69, 9.17) is 11.6 Å². The fourth-order valence-corrected chi connectivity index (χ4v) is 3.71. The van der Waals surface area contributed by atoms with Crippen molar-refractivity contribution in [1.29, 1.82) is 0 Å². The van der Waals surface area contributed by atoms with Crippen LogP contribution < -0.4 is 10.2 Å². The zero-order valence-corrected chi connectivity index (χ0v) is 18.5. The molecule has 11 heteroatoms. The number of nitrogens with one attached hydrogen (secondary N) is 1. The molecule has 0 saturated carbocycles. The summed E-state index contributed by atoms with van der Waals surface area (Å²) in [6, 6.07) is 14.4. The first kappa shape index (κ1) is 23.5. The lowest BCUT2D eigenvalue weighted by Gasteiger charge is -2.36. The maximum absolute atomic E-state index is 13.3. The third-order valence-electron chi connectivity index (χ3n) is 5.26. The summed E-state index contributed by atoms with van der Waals surface area (Å²) in [6.07, 6.45) is -4.09. The first-order valence-corrected chi connectivity index (χ1v) is 10.7. The van der Waals surface area contributed by atoms with E-state index in [1.54, 1.807) is 35.2 Å². The van der Waals surface area contributed by atoms with E-state index in [1.165, 1.54) is 29.2 Å². The van der Waals surface area contributed by atoms with E-state index in [9.17, 15) is 22.8 Å². The third kappa shape index (κ3) is 5.28. The second-order valence-corrected chi connectivity index (χ2v) is 8.04. The molecular weight excluding hydrogens is 471 g/mol. The second kappa shape index (κ2) is 9.68. The maximum atomic E-state index is 13.3. The van der Waals surface area contributed by atoms with Crippen LogP contribution in [0.5, 0.6) is 0 Å². The van der Waals surface area contributed by atoms with Gasteiger partial charge in [-0.25, -0.2) is 0 Å². The van der Waals surface area contributed by atoms with Crippen LogP contribution in [0.2, 0.25) is 5.02 Å². The monoisotopic (exact) mass is 489 g/mol. The molecule has 34 heavy (non-hydrogen) atoms. The SMILES string of the molecule is O=C(Nc1ccc(Cl)cc1)c1ccc(N2CCCN(C(=O)c3ccccc3C(F)(F)F)C2)nn1. The summed E-state index contributed by atoms with van der Waals surface area (Å²) in [5.41, 5.74) is -0.725. The Balaban J connectivity index is 1.45. The molecule has 2 amide bonds. The maximum Gasteiger partial charge on any atom is 0.417 e. The quantitative estimate of drug-likeness (QED) is 0.574. The first-order chi connectivity index (χ1) is 16.2. The highest BCUT2D eigenvalue weighted by atomic mass is 35.5. The smallest absolute Gasteiger partial charge is 0.337 e. The van der Waals surface area contributed by atoms with Gasteiger partial charge in [-0.3, -0.25) is 9.59 Å². The molecule has 0 bridgehead atoms. The Labute approximate surface area is 198 Å². The highest BCUT2D eigenvalue weighted by Gasteiger charge is 2.36. The summed E-state index contributed by atoms with van der Waals surface area (Å²) < 4.78 is 40.0. The van der Waals surface area contributed by atoms with Crippen molar-refractivity contribution in [2.75, 3.05) is 30.0 Å². The van der Waals surface area contributed by atoms with Gasteiger partial charge in [-0.05, 0) is 55.0 Å². The number of halogens is 4. The number of amides is 2. The highest BCUT2D eigenvalue weighted by molar-refractivity contribution is 6.30. The number of carbonyl (C=O) groups is 2. The van der Waals surface area contributed by atoms with Crippen molar-refractivity contribution in [3.8, 4) is 0 Å². The van der Waals surface area contributed by atoms with Gasteiger partial charge in [0, 0.05) is 23.8 Å². The van der Waals surface area contributed by atoms with Gasteiger partial charge in [0.25, 0.3) is 11.8 Å². The lowest BCUT2D eigenvalue weighted by atomic mass is 10.1. The summed E-state index contributed by atoms with van der Waals surface area (Å²) in [6.45, 7) is 0.905. The number of anilines is 2. The van der Waals surface area contributed by atoms with E-state index >= 15 is 0 Å². The topological polar surface area (TPSA) is 78.4 Å². The van der Waals surface area contributed by atoms with E-state index in [2.05, 4.69) is 15.5 Å². The van der Waals surface area contributed by atoms with Gasteiger partial charge in [-0.15, -0.1) is 10.2 Å². The van der Waals surface area contributed by atoms with Gasteiger partial charge in [-0.2, -0.15) is 13.2 Å². The first-order valence-electron chi connectivity index (χ1n) is 10.3. The second-order valence-electron chi connectivity index (χ2n) is 7.61. The van der Waals surface area contributed by atoms with Gasteiger partial charge in [0.1, 0.15) is 0 Å². The van der Waals surface area contributed by atoms with Crippen LogP contribution in [0.1, 0.15) is 32.8 Å². The Morgan fingerprint density at radius 1 is 0.941 bits per heavy atom. The molecule has 0 atom stereocenters. The van der Waals surface area contributed by atoms with Crippen LogP contribution in [0.4, 0.5) is 24.7 Å². The Morgan fingerprint density at radius 2 is 1.68 bits per heavy atom. The number of rotatable bonds is 4. The van der Waals surface area contributed by atoms with Gasteiger partial charge < -0.3 is 15.1 Å². The average Bonchev–Trinajstić information content (AvgIpc) is 2.84. The van der Waals surface area contributed by atoms with Crippen molar-refractivity contribution in [2.24, 2.45) is 0 Å². The molecule has 2 aromatic carbocycles. The van der Waals surface area contributed by atoms with E-state index < -0.39 is 29.1 Å². The van der Waals surface area contributed by atoms with Gasteiger partial charge in [0.2, 0.25) is 0 Å². The molecule has 3 aromatic rings. The fourth-order valence-electron chi connectivity index (χ4n) is 3.58. The molecule has 0 spiro atoms. The molecule has 0 aliphatic carbocycles. The van der Waals surface area contributed by atoms with Crippen molar-refractivity contribution in [2.45, 2.75) is 12.6 Å². The van der Waals surface area contributed by atoms with Crippen LogP contribution in [0, 0.1) is 0 Å². The van der Waals surface area contributed by atoms with Crippen molar-refractivity contribution >= 4 is 34.9 Å². The molecule has 0 radical (unpaired) electrons. The minimum absolute atomic E-state index is 0.0516. The lowest BCUT2D eigenvalue weighted by molar-refractivity contribution is -0.138. The number of aromatic nitrogens is 2. The van der Waals surface area contributed by atoms with E-state index in [1.807, 2.05) is 0 Å². The van der Waals surface area contributed by atoms with E-state index in [0.29, 0.717) is 36.0 Å². The normalized spacial score (nSPS) is 14.1. The predicted octanol–water partition coefficient (Wildman–Crippen LogP) is 4.71. The van der Waals surface area contributed by atoms with Crippen LogP contribution in [0.25, 0.3) is 0 Å². The molecule has 4 rings (SSSR count). The molecule has 1 fully saturated rings. The summed E-state index contributed by atoms with van der Waals surface area (Å²) in [4.78, 5) is 28.3. The summed E-state index contributed by atoms with van der Waals surface area (Å²) in [5, 5.41) is 11.3. The fraction of sp³-hybridized carbons (Fsp3) is 0.217. The van der Waals surface area contributed by atoms with Crippen LogP contribution >= 0.6 is 11.6 Å². The summed E-state index contributed by atoms with van der Waals surface area (Å²) in [5.74, 6) is -0.755. The van der Waals surface area contributed by atoms with Gasteiger partial charge in [0.15, 0.2) is 11.5 Å². The van der Waals surface area contributed by atoms with Gasteiger partial charge in [0.05, 0.1) is 17.8 Å². The molecule has 1 aliphatic rings. The molecule has 1 aliphatic heterocycles. The van der Waals surface area contributed by atoms with Crippen LogP contribution in [-0.2, 0) is 6.18 Å². The average molecular weight is 490 g/mol. The van der Waals surface area contributed by atoms with Crippen molar-refractivity contribution in [3.05, 3.63) is 82.5 Å². The number of hydrogen-bond donors (Lipinski definition) is 1. The molecule has 2 heterocycles. The minimum atomic E-state index is -4.63. The largest absolute Gasteiger partial charge is 0.417 e. The Kier molecular flexibility index (Phi) is 6.69. The lowest BCUT2D eigenvalue weighted by Crippen LogP contribution is -2.48. The van der Waals surface area contributed by atoms with Crippen LogP contribution in [0.15, 0.2) is 60.7 Å². The molecule has 1 N–H and O–H groups in total. The highest BCUT2D eigenvalue weighted by Crippen LogP contribution is 2.32. The number of nitrogens with zero attached hydrogens (tertiary/aromatic N) is 4. The predicted molar refractivity (Wildman–Crippen MR) is 121 cm³/mol.